The van der Waals surface area contributed by atoms with Crippen molar-refractivity contribution in [2.24, 2.45) is 0 Å². The van der Waals surface area contributed by atoms with Crippen LogP contribution in [0.4, 0.5) is 13.2 Å². The molecule has 0 spiro atoms. The molecule has 1 aromatic carbocycles. The molecule has 0 saturated carbocycles. The van der Waals surface area contributed by atoms with E-state index in [9.17, 15) is 18.0 Å². The third-order valence-electron chi connectivity index (χ3n) is 3.33. The molecule has 1 N–H and O–H groups in total. The summed E-state index contributed by atoms with van der Waals surface area (Å²) < 4.78 is 38.0. The lowest BCUT2D eigenvalue weighted by Crippen LogP contribution is -2.27. The lowest BCUT2D eigenvalue weighted by molar-refractivity contribution is -0.137. The zero-order valence-corrected chi connectivity index (χ0v) is 15.2. The highest BCUT2D eigenvalue weighted by atomic mass is 35.5. The molecule has 0 aliphatic rings. The van der Waals surface area contributed by atoms with Gasteiger partial charge in [0, 0.05) is 17.5 Å². The monoisotopic (exact) mass is 391 g/mol. The van der Waals surface area contributed by atoms with Gasteiger partial charge in [-0.15, -0.1) is 11.3 Å². The van der Waals surface area contributed by atoms with Crippen molar-refractivity contribution in [3.8, 4) is 10.6 Å². The van der Waals surface area contributed by atoms with Crippen molar-refractivity contribution in [3.63, 3.8) is 0 Å². The summed E-state index contributed by atoms with van der Waals surface area (Å²) in [6, 6.07) is 3.08. The van der Waals surface area contributed by atoms with Crippen LogP contribution in [0.1, 0.15) is 22.5 Å². The van der Waals surface area contributed by atoms with E-state index in [2.05, 4.69) is 10.3 Å². The molecule has 1 amide bonds. The Kier molecular flexibility index (Phi) is 6.42. The second-order valence-corrected chi connectivity index (χ2v) is 6.91. The van der Waals surface area contributed by atoms with Gasteiger partial charge in [-0.05, 0) is 45.3 Å². The second-order valence-electron chi connectivity index (χ2n) is 5.64. The molecular weight excluding hydrogens is 375 g/mol. The largest absolute Gasteiger partial charge is 0.416 e. The molecule has 9 heteroatoms. The highest BCUT2D eigenvalue weighted by Gasteiger charge is 2.31. The summed E-state index contributed by atoms with van der Waals surface area (Å²) in [4.78, 5) is 18.2. The van der Waals surface area contributed by atoms with Crippen LogP contribution in [-0.2, 0) is 6.18 Å². The fraction of sp³-hybridized carbons (Fsp3) is 0.375. The van der Waals surface area contributed by atoms with Crippen molar-refractivity contribution in [2.75, 3.05) is 27.2 Å². The maximum atomic E-state index is 12.7. The van der Waals surface area contributed by atoms with E-state index >= 15 is 0 Å². The van der Waals surface area contributed by atoms with Gasteiger partial charge in [-0.25, -0.2) is 4.98 Å². The average molecular weight is 392 g/mol. The van der Waals surface area contributed by atoms with E-state index < -0.39 is 11.7 Å². The smallest absolute Gasteiger partial charge is 0.351 e. The van der Waals surface area contributed by atoms with Gasteiger partial charge in [0.25, 0.3) is 5.91 Å². The Morgan fingerprint density at radius 2 is 2.08 bits per heavy atom. The van der Waals surface area contributed by atoms with Crippen molar-refractivity contribution in [1.29, 1.82) is 0 Å². The van der Waals surface area contributed by atoms with Crippen LogP contribution in [0.15, 0.2) is 23.6 Å². The lowest BCUT2D eigenvalue weighted by Gasteiger charge is -2.09. The van der Waals surface area contributed by atoms with Crippen LogP contribution >= 0.6 is 22.9 Å². The number of thiazole rings is 1. The molecule has 0 radical (unpaired) electrons. The molecule has 2 aromatic rings. The first-order chi connectivity index (χ1) is 11.7. The summed E-state index contributed by atoms with van der Waals surface area (Å²) in [5.74, 6) is -0.315. The standard InChI is InChI=1S/C16H17ClF3N3OS/c1-23(2)7-3-6-21-14(24)13-9-25-15(22-13)11-5-4-10(8-12(11)17)16(18,19)20/h4-5,8-9H,3,6-7H2,1-2H3,(H,21,24). The number of aromatic nitrogens is 1. The van der Waals surface area contributed by atoms with Crippen LogP contribution in [0, 0.1) is 0 Å². The van der Waals surface area contributed by atoms with Gasteiger partial charge in [0.15, 0.2) is 0 Å². The Morgan fingerprint density at radius 3 is 2.68 bits per heavy atom. The Bertz CT molecular complexity index is 746. The van der Waals surface area contributed by atoms with Gasteiger partial charge in [-0.1, -0.05) is 11.6 Å². The topological polar surface area (TPSA) is 45.2 Å². The van der Waals surface area contributed by atoms with Crippen LogP contribution in [0.25, 0.3) is 10.6 Å². The van der Waals surface area contributed by atoms with Crippen molar-refractivity contribution >= 4 is 28.8 Å². The molecule has 0 atom stereocenters. The minimum Gasteiger partial charge on any atom is -0.351 e. The van der Waals surface area contributed by atoms with E-state index in [0.29, 0.717) is 17.1 Å². The van der Waals surface area contributed by atoms with Crippen molar-refractivity contribution < 1.29 is 18.0 Å². The molecule has 1 aromatic heterocycles. The van der Waals surface area contributed by atoms with Gasteiger partial charge in [0.1, 0.15) is 10.7 Å². The zero-order chi connectivity index (χ0) is 18.6. The quantitative estimate of drug-likeness (QED) is 0.752. The summed E-state index contributed by atoms with van der Waals surface area (Å²) in [7, 11) is 3.89. The molecule has 0 saturated heterocycles. The Hall–Kier alpha value is -1.64. The summed E-state index contributed by atoms with van der Waals surface area (Å²) in [6.45, 7) is 1.37. The van der Waals surface area contributed by atoms with E-state index in [1.54, 1.807) is 5.38 Å². The Labute approximate surface area is 152 Å². The first-order valence-corrected chi connectivity index (χ1v) is 8.70. The molecule has 136 valence electrons. The van der Waals surface area contributed by atoms with Crippen LogP contribution < -0.4 is 5.32 Å². The van der Waals surface area contributed by atoms with Crippen molar-refractivity contribution in [3.05, 3.63) is 39.9 Å². The fourth-order valence-corrected chi connectivity index (χ4v) is 3.22. The van der Waals surface area contributed by atoms with Gasteiger partial charge < -0.3 is 10.2 Å². The summed E-state index contributed by atoms with van der Waals surface area (Å²) >= 11 is 7.11. The zero-order valence-electron chi connectivity index (χ0n) is 13.7. The number of benzene rings is 1. The molecule has 1 heterocycles. The lowest BCUT2D eigenvalue weighted by atomic mass is 10.1. The number of carbonyl (C=O) groups excluding carboxylic acids is 1. The summed E-state index contributed by atoms with van der Waals surface area (Å²) in [6.07, 6.45) is -3.65. The minimum absolute atomic E-state index is 0.0536. The molecule has 0 aliphatic carbocycles. The predicted octanol–water partition coefficient (Wildman–Crippen LogP) is 4.16. The number of nitrogens with one attached hydrogen (secondary N) is 1. The van der Waals surface area contributed by atoms with E-state index in [0.717, 1.165) is 36.4 Å². The fourth-order valence-electron chi connectivity index (χ4n) is 2.05. The maximum Gasteiger partial charge on any atom is 0.416 e. The van der Waals surface area contributed by atoms with E-state index in [1.165, 1.54) is 6.07 Å². The number of halogens is 4. The summed E-state index contributed by atoms with van der Waals surface area (Å²) in [5, 5.41) is 4.67. The maximum absolute atomic E-state index is 12.7. The Morgan fingerprint density at radius 1 is 1.36 bits per heavy atom. The molecule has 2 rings (SSSR count). The van der Waals surface area contributed by atoms with Crippen LogP contribution in [-0.4, -0.2) is 43.0 Å². The number of amides is 1. The van der Waals surface area contributed by atoms with Gasteiger partial charge >= 0.3 is 6.18 Å². The van der Waals surface area contributed by atoms with Crippen LogP contribution in [0.2, 0.25) is 5.02 Å². The highest BCUT2D eigenvalue weighted by molar-refractivity contribution is 7.13. The minimum atomic E-state index is -4.46. The predicted molar refractivity (Wildman–Crippen MR) is 93.1 cm³/mol. The van der Waals surface area contributed by atoms with E-state index in [4.69, 9.17) is 11.6 Å². The molecule has 0 bridgehead atoms. The SMILES string of the molecule is CN(C)CCCNC(=O)c1csc(-c2ccc(C(F)(F)F)cc2Cl)n1. The number of hydrogen-bond donors (Lipinski definition) is 1. The average Bonchev–Trinajstić information content (AvgIpc) is 3.00. The first-order valence-electron chi connectivity index (χ1n) is 7.44. The number of nitrogens with zero attached hydrogens (tertiary/aromatic N) is 2. The number of alkyl halides is 3. The first kappa shape index (κ1) is 19.7. The normalized spacial score (nSPS) is 11.8. The van der Waals surface area contributed by atoms with Gasteiger partial charge in [0.2, 0.25) is 0 Å². The number of carbonyl (C=O) groups is 1. The molecule has 4 nitrogen and oxygen atoms in total. The third kappa shape index (κ3) is 5.42. The molecular formula is C16H17ClF3N3OS. The van der Waals surface area contributed by atoms with Crippen LogP contribution in [0.3, 0.4) is 0 Å². The van der Waals surface area contributed by atoms with E-state index in [-0.39, 0.29) is 16.6 Å². The van der Waals surface area contributed by atoms with Gasteiger partial charge in [0.05, 0.1) is 10.6 Å². The highest BCUT2D eigenvalue weighted by Crippen LogP contribution is 2.36. The molecule has 0 aliphatic heterocycles. The van der Waals surface area contributed by atoms with Crippen molar-refractivity contribution in [2.45, 2.75) is 12.6 Å². The third-order valence-corrected chi connectivity index (χ3v) is 4.52. The molecule has 0 fully saturated rings. The number of hydrogen-bond acceptors (Lipinski definition) is 4. The molecule has 25 heavy (non-hydrogen) atoms. The molecule has 0 unspecified atom stereocenters. The van der Waals surface area contributed by atoms with E-state index in [1.807, 2.05) is 19.0 Å². The Balaban J connectivity index is 2.07. The van der Waals surface area contributed by atoms with Gasteiger partial charge in [-0.3, -0.25) is 4.79 Å². The van der Waals surface area contributed by atoms with Crippen molar-refractivity contribution in [1.82, 2.24) is 15.2 Å². The number of rotatable bonds is 6. The summed E-state index contributed by atoms with van der Waals surface area (Å²) in [5.41, 5.74) is -0.233. The van der Waals surface area contributed by atoms with Gasteiger partial charge in [-0.2, -0.15) is 13.2 Å². The van der Waals surface area contributed by atoms with Crippen LogP contribution in [0.5, 0.6) is 0 Å². The second kappa shape index (κ2) is 8.16.